The van der Waals surface area contributed by atoms with Gasteiger partial charge in [-0.3, -0.25) is 0 Å². The van der Waals surface area contributed by atoms with Gasteiger partial charge in [-0.25, -0.2) is 0 Å². The number of aryl methyl sites for hydroxylation is 1. The van der Waals surface area contributed by atoms with Gasteiger partial charge >= 0.3 is 0 Å². The Kier molecular flexibility index (Phi) is 2.69. The maximum Gasteiger partial charge on any atom is 0.0307 e. The fraction of sp³-hybridized carbons (Fsp3) is 0.250. The molecule has 0 saturated carbocycles. The molecule has 0 amide bonds. The minimum absolute atomic E-state index is 0.868. The smallest absolute Gasteiger partial charge is 0.0307 e. The molecule has 0 aliphatic carbocycles. The van der Waals surface area contributed by atoms with Crippen LogP contribution in [-0.2, 0) is 0 Å². The molecule has 0 spiro atoms. The third-order valence-electron chi connectivity index (χ3n) is 1.25. The topological polar surface area (TPSA) is 0 Å². The van der Waals surface area contributed by atoms with Crippen LogP contribution in [0.4, 0.5) is 0 Å². The highest BCUT2D eigenvalue weighted by Crippen LogP contribution is 2.23. The minimum Gasteiger partial charge on any atom is -0.141 e. The zero-order valence-electron chi connectivity index (χ0n) is 5.86. The fourth-order valence-corrected chi connectivity index (χ4v) is 2.01. The van der Waals surface area contributed by atoms with E-state index in [9.17, 15) is 0 Å². The second kappa shape index (κ2) is 3.35. The maximum absolute atomic E-state index is 3.92. The van der Waals surface area contributed by atoms with Crippen molar-refractivity contribution in [2.24, 2.45) is 0 Å². The maximum atomic E-state index is 3.92. The van der Waals surface area contributed by atoms with Crippen molar-refractivity contribution < 1.29 is 0 Å². The summed E-state index contributed by atoms with van der Waals surface area (Å²) in [4.78, 5) is 2.63. The van der Waals surface area contributed by atoms with Gasteiger partial charge in [0.15, 0.2) is 0 Å². The summed E-state index contributed by atoms with van der Waals surface area (Å²) in [5.74, 6) is 0. The highest BCUT2D eigenvalue weighted by Gasteiger charge is 1.98. The summed E-state index contributed by atoms with van der Waals surface area (Å²) in [7, 11) is 0. The van der Waals surface area contributed by atoms with Crippen molar-refractivity contribution in [3.05, 3.63) is 28.5 Å². The van der Waals surface area contributed by atoms with Crippen LogP contribution in [0.25, 0.3) is 5.57 Å². The van der Waals surface area contributed by atoms with E-state index in [1.807, 2.05) is 0 Å². The summed E-state index contributed by atoms with van der Waals surface area (Å²) in [6.07, 6.45) is 0. The van der Waals surface area contributed by atoms with E-state index >= 15 is 0 Å². The molecule has 0 unspecified atom stereocenters. The van der Waals surface area contributed by atoms with Gasteiger partial charge in [-0.05, 0) is 24.6 Å². The first kappa shape index (κ1) is 8.02. The van der Waals surface area contributed by atoms with Crippen molar-refractivity contribution in [1.29, 1.82) is 0 Å². The summed E-state index contributed by atoms with van der Waals surface area (Å²) in [6.45, 7) is 6.03. The van der Waals surface area contributed by atoms with Crippen molar-refractivity contribution >= 4 is 32.8 Å². The van der Waals surface area contributed by atoms with Gasteiger partial charge in [0.25, 0.3) is 0 Å². The van der Waals surface area contributed by atoms with Crippen molar-refractivity contribution in [3.8, 4) is 0 Å². The van der Waals surface area contributed by atoms with Crippen LogP contribution < -0.4 is 0 Å². The molecule has 0 saturated heterocycles. The van der Waals surface area contributed by atoms with E-state index in [1.54, 1.807) is 11.3 Å². The van der Waals surface area contributed by atoms with Crippen molar-refractivity contribution in [2.45, 2.75) is 6.92 Å². The Morgan fingerprint density at radius 2 is 2.40 bits per heavy atom. The molecule has 0 radical (unpaired) electrons. The van der Waals surface area contributed by atoms with Crippen LogP contribution in [0.5, 0.6) is 0 Å². The highest BCUT2D eigenvalue weighted by molar-refractivity contribution is 9.09. The molecule has 2 heteroatoms. The van der Waals surface area contributed by atoms with Crippen LogP contribution >= 0.6 is 27.3 Å². The Morgan fingerprint density at radius 3 is 2.80 bits per heavy atom. The predicted molar refractivity (Wildman–Crippen MR) is 51.9 cm³/mol. The lowest BCUT2D eigenvalue weighted by molar-refractivity contribution is 1.64. The van der Waals surface area contributed by atoms with Crippen molar-refractivity contribution in [2.75, 3.05) is 5.33 Å². The second-order valence-electron chi connectivity index (χ2n) is 2.15. The number of hydrogen-bond acceptors (Lipinski definition) is 1. The van der Waals surface area contributed by atoms with Crippen molar-refractivity contribution in [3.63, 3.8) is 0 Å². The van der Waals surface area contributed by atoms with E-state index in [-0.39, 0.29) is 0 Å². The number of hydrogen-bond donors (Lipinski definition) is 0. The van der Waals surface area contributed by atoms with Crippen LogP contribution in [0.1, 0.15) is 9.75 Å². The van der Waals surface area contributed by atoms with Gasteiger partial charge in [0.2, 0.25) is 0 Å². The summed E-state index contributed by atoms with van der Waals surface area (Å²) < 4.78 is 0. The minimum atomic E-state index is 0.868. The SMILES string of the molecule is C=C(CBr)c1ccc(C)s1. The third-order valence-corrected chi connectivity index (χ3v) is 3.03. The first-order valence-electron chi connectivity index (χ1n) is 3.04. The van der Waals surface area contributed by atoms with E-state index < -0.39 is 0 Å². The number of alkyl halides is 1. The number of rotatable bonds is 2. The first-order valence-corrected chi connectivity index (χ1v) is 4.98. The highest BCUT2D eigenvalue weighted by atomic mass is 79.9. The molecule has 0 N–H and O–H groups in total. The van der Waals surface area contributed by atoms with Gasteiger partial charge < -0.3 is 0 Å². The van der Waals surface area contributed by atoms with Gasteiger partial charge in [0, 0.05) is 15.1 Å². The quantitative estimate of drug-likeness (QED) is 0.665. The van der Waals surface area contributed by atoms with Crippen LogP contribution in [0.3, 0.4) is 0 Å². The molecule has 0 aliphatic heterocycles. The Labute approximate surface area is 73.7 Å². The lowest BCUT2D eigenvalue weighted by Crippen LogP contribution is -1.74. The first-order chi connectivity index (χ1) is 4.74. The van der Waals surface area contributed by atoms with Crippen LogP contribution in [0, 0.1) is 6.92 Å². The average Bonchev–Trinajstić information content (AvgIpc) is 2.34. The molecule has 0 aromatic carbocycles. The summed E-state index contributed by atoms with van der Waals surface area (Å²) >= 11 is 5.16. The molecule has 0 aliphatic rings. The largest absolute Gasteiger partial charge is 0.141 e. The molecule has 0 atom stereocenters. The number of allylic oxidation sites excluding steroid dienone is 1. The molecule has 1 aromatic rings. The van der Waals surface area contributed by atoms with E-state index in [0.717, 1.165) is 10.9 Å². The Morgan fingerprint density at radius 1 is 1.70 bits per heavy atom. The van der Waals surface area contributed by atoms with Crippen LogP contribution in [-0.4, -0.2) is 5.33 Å². The molecule has 0 bridgehead atoms. The summed E-state index contributed by atoms with van der Waals surface area (Å²) in [6, 6.07) is 4.23. The molecule has 1 aromatic heterocycles. The lowest BCUT2D eigenvalue weighted by Gasteiger charge is -1.93. The van der Waals surface area contributed by atoms with Crippen molar-refractivity contribution in [1.82, 2.24) is 0 Å². The normalized spacial score (nSPS) is 9.80. The van der Waals surface area contributed by atoms with E-state index in [2.05, 4.69) is 41.6 Å². The predicted octanol–water partition coefficient (Wildman–Crippen LogP) is 3.46. The summed E-state index contributed by atoms with van der Waals surface area (Å²) in [5.41, 5.74) is 1.16. The standard InChI is InChI=1S/C8H9BrS/c1-6(5-9)8-4-3-7(2)10-8/h3-4H,1,5H2,2H3. The van der Waals surface area contributed by atoms with Crippen LogP contribution in [0.15, 0.2) is 18.7 Å². The zero-order chi connectivity index (χ0) is 7.56. The molecular formula is C8H9BrS. The van der Waals surface area contributed by atoms with Gasteiger partial charge in [-0.2, -0.15) is 0 Å². The monoisotopic (exact) mass is 216 g/mol. The Balaban J connectivity index is 2.85. The van der Waals surface area contributed by atoms with E-state index in [0.29, 0.717) is 0 Å². The van der Waals surface area contributed by atoms with Gasteiger partial charge in [-0.1, -0.05) is 22.5 Å². The molecule has 1 rings (SSSR count). The molecule has 54 valence electrons. The second-order valence-corrected chi connectivity index (χ2v) is 4.00. The van der Waals surface area contributed by atoms with Gasteiger partial charge in [0.05, 0.1) is 0 Å². The fourth-order valence-electron chi connectivity index (χ4n) is 0.690. The number of halogens is 1. The van der Waals surface area contributed by atoms with Gasteiger partial charge in [-0.15, -0.1) is 11.3 Å². The average molecular weight is 217 g/mol. The summed E-state index contributed by atoms with van der Waals surface area (Å²) in [5, 5.41) is 0.868. The molecule has 1 heterocycles. The van der Waals surface area contributed by atoms with Gasteiger partial charge in [0.1, 0.15) is 0 Å². The number of thiophene rings is 1. The van der Waals surface area contributed by atoms with E-state index in [1.165, 1.54) is 9.75 Å². The lowest BCUT2D eigenvalue weighted by atomic mass is 10.3. The third kappa shape index (κ3) is 1.70. The molecule has 10 heavy (non-hydrogen) atoms. The van der Waals surface area contributed by atoms with E-state index in [4.69, 9.17) is 0 Å². The Hall–Kier alpha value is -0.0800. The zero-order valence-corrected chi connectivity index (χ0v) is 8.26. The Bertz CT molecular complexity index is 237. The molecule has 0 nitrogen and oxygen atoms in total. The molecule has 0 fully saturated rings. The molecular weight excluding hydrogens is 208 g/mol. The van der Waals surface area contributed by atoms with Crippen LogP contribution in [0.2, 0.25) is 0 Å².